The SMILES string of the molecule is O=C(CSc1nnc(CNC(=O)c2ccc(S(=O)(=O)N3CCCCC3)cc2)n1-c1cccc(Cl)c1)Nc1cc(C(F)(F)F)ccc1Cl. The second kappa shape index (κ2) is 14.6. The van der Waals surface area contributed by atoms with Gasteiger partial charge in [0.25, 0.3) is 5.91 Å². The fraction of sp³-hybridized carbons (Fsp3) is 0.267. The summed E-state index contributed by atoms with van der Waals surface area (Å²) in [6.07, 6.45) is -2.01. The molecular weight excluding hydrogens is 700 g/mol. The van der Waals surface area contributed by atoms with Crippen molar-refractivity contribution >= 4 is 62.5 Å². The number of carbonyl (C=O) groups excluding carboxylic acids is 2. The lowest BCUT2D eigenvalue weighted by Crippen LogP contribution is -2.35. The summed E-state index contributed by atoms with van der Waals surface area (Å²) < 4.78 is 68.4. The first-order valence-electron chi connectivity index (χ1n) is 14.2. The zero-order chi connectivity index (χ0) is 33.8. The molecule has 2 heterocycles. The Morgan fingerprint density at radius 1 is 0.936 bits per heavy atom. The number of amides is 2. The summed E-state index contributed by atoms with van der Waals surface area (Å²) in [6, 6.07) is 15.0. The van der Waals surface area contributed by atoms with Gasteiger partial charge in [-0.3, -0.25) is 14.2 Å². The number of anilines is 1. The van der Waals surface area contributed by atoms with Crippen molar-refractivity contribution in [3.63, 3.8) is 0 Å². The predicted octanol–water partition coefficient (Wildman–Crippen LogP) is 6.43. The molecule has 2 amide bonds. The minimum absolute atomic E-state index is 0.0604. The molecule has 1 aromatic heterocycles. The van der Waals surface area contributed by atoms with Gasteiger partial charge >= 0.3 is 6.18 Å². The molecule has 4 aromatic rings. The topological polar surface area (TPSA) is 126 Å². The lowest BCUT2D eigenvalue weighted by molar-refractivity contribution is -0.137. The molecule has 1 aliphatic heterocycles. The maximum Gasteiger partial charge on any atom is 0.416 e. The van der Waals surface area contributed by atoms with Crippen molar-refractivity contribution in [2.45, 2.75) is 42.0 Å². The van der Waals surface area contributed by atoms with Gasteiger partial charge in [0.15, 0.2) is 11.0 Å². The van der Waals surface area contributed by atoms with Gasteiger partial charge in [0.2, 0.25) is 15.9 Å². The van der Waals surface area contributed by atoms with Crippen LogP contribution in [0, 0.1) is 0 Å². The molecule has 0 unspecified atom stereocenters. The predicted molar refractivity (Wildman–Crippen MR) is 172 cm³/mol. The maximum absolute atomic E-state index is 13.1. The number of benzene rings is 3. The van der Waals surface area contributed by atoms with Crippen LogP contribution in [0.2, 0.25) is 10.0 Å². The molecule has 248 valence electrons. The van der Waals surface area contributed by atoms with E-state index in [4.69, 9.17) is 23.2 Å². The van der Waals surface area contributed by atoms with Crippen molar-refractivity contribution in [1.29, 1.82) is 0 Å². The monoisotopic (exact) mass is 726 g/mol. The number of aromatic nitrogens is 3. The van der Waals surface area contributed by atoms with Crippen LogP contribution in [0.15, 0.2) is 76.8 Å². The Kier molecular flexibility index (Phi) is 10.8. The molecule has 5 rings (SSSR count). The van der Waals surface area contributed by atoms with Crippen LogP contribution in [0.3, 0.4) is 0 Å². The van der Waals surface area contributed by atoms with Crippen LogP contribution < -0.4 is 10.6 Å². The number of hydrogen-bond donors (Lipinski definition) is 2. The number of nitrogens with zero attached hydrogens (tertiary/aromatic N) is 4. The van der Waals surface area contributed by atoms with E-state index in [1.165, 1.54) is 28.6 Å². The van der Waals surface area contributed by atoms with Gasteiger partial charge < -0.3 is 10.6 Å². The highest BCUT2D eigenvalue weighted by Crippen LogP contribution is 2.34. The summed E-state index contributed by atoms with van der Waals surface area (Å²) in [7, 11) is -3.65. The average Bonchev–Trinajstić information content (AvgIpc) is 3.46. The minimum atomic E-state index is -4.62. The summed E-state index contributed by atoms with van der Waals surface area (Å²) in [5.74, 6) is -1.10. The maximum atomic E-state index is 13.1. The van der Waals surface area contributed by atoms with Gasteiger partial charge in [0.05, 0.1) is 39.2 Å². The Bertz CT molecular complexity index is 1880. The zero-order valence-corrected chi connectivity index (χ0v) is 27.6. The molecule has 1 aliphatic rings. The Labute approximate surface area is 282 Å². The summed E-state index contributed by atoms with van der Waals surface area (Å²) in [5.41, 5.74) is -0.390. The Balaban J connectivity index is 1.28. The molecule has 10 nitrogen and oxygen atoms in total. The second-order valence-electron chi connectivity index (χ2n) is 10.4. The van der Waals surface area contributed by atoms with E-state index < -0.39 is 33.6 Å². The lowest BCUT2D eigenvalue weighted by Gasteiger charge is -2.25. The summed E-state index contributed by atoms with van der Waals surface area (Å²) >= 11 is 13.2. The fourth-order valence-corrected chi connectivity index (χ4v) is 7.43. The van der Waals surface area contributed by atoms with Gasteiger partial charge in [-0.1, -0.05) is 47.5 Å². The van der Waals surface area contributed by atoms with Crippen LogP contribution in [-0.2, 0) is 27.5 Å². The molecule has 0 radical (unpaired) electrons. The van der Waals surface area contributed by atoms with Gasteiger partial charge in [0.1, 0.15) is 0 Å². The lowest BCUT2D eigenvalue weighted by atomic mass is 10.2. The number of halogens is 5. The van der Waals surface area contributed by atoms with E-state index in [0.29, 0.717) is 23.8 Å². The number of alkyl halides is 3. The summed E-state index contributed by atoms with van der Waals surface area (Å²) in [5, 5.41) is 14.0. The van der Waals surface area contributed by atoms with Crippen molar-refractivity contribution in [2.75, 3.05) is 24.2 Å². The highest BCUT2D eigenvalue weighted by molar-refractivity contribution is 7.99. The molecule has 1 saturated heterocycles. The first kappa shape index (κ1) is 34.7. The number of hydrogen-bond acceptors (Lipinski definition) is 7. The van der Waals surface area contributed by atoms with E-state index in [9.17, 15) is 31.2 Å². The van der Waals surface area contributed by atoms with Crippen molar-refractivity contribution in [2.24, 2.45) is 0 Å². The van der Waals surface area contributed by atoms with Gasteiger partial charge in [-0.05, 0) is 73.5 Å². The number of rotatable bonds is 10. The molecule has 0 aliphatic carbocycles. The van der Waals surface area contributed by atoms with E-state index in [-0.39, 0.29) is 44.4 Å². The highest BCUT2D eigenvalue weighted by Gasteiger charge is 2.31. The van der Waals surface area contributed by atoms with Gasteiger partial charge in [-0.25, -0.2) is 8.42 Å². The van der Waals surface area contributed by atoms with E-state index in [2.05, 4.69) is 20.8 Å². The highest BCUT2D eigenvalue weighted by atomic mass is 35.5. The van der Waals surface area contributed by atoms with Crippen molar-refractivity contribution < 1.29 is 31.2 Å². The van der Waals surface area contributed by atoms with E-state index in [1.54, 1.807) is 28.8 Å². The average molecular weight is 728 g/mol. The molecule has 3 aromatic carbocycles. The minimum Gasteiger partial charge on any atom is -0.345 e. The van der Waals surface area contributed by atoms with Gasteiger partial charge in [-0.15, -0.1) is 10.2 Å². The first-order chi connectivity index (χ1) is 22.3. The van der Waals surface area contributed by atoms with Crippen molar-refractivity contribution in [1.82, 2.24) is 24.4 Å². The van der Waals surface area contributed by atoms with Crippen LogP contribution in [0.25, 0.3) is 5.69 Å². The quantitative estimate of drug-likeness (QED) is 0.181. The zero-order valence-electron chi connectivity index (χ0n) is 24.4. The van der Waals surface area contributed by atoms with E-state index >= 15 is 0 Å². The molecule has 0 saturated carbocycles. The fourth-order valence-electron chi connectivity index (χ4n) is 4.79. The number of thioether (sulfide) groups is 1. The third-order valence-electron chi connectivity index (χ3n) is 7.14. The molecule has 0 atom stereocenters. The second-order valence-corrected chi connectivity index (χ2v) is 14.1. The third-order valence-corrected chi connectivity index (χ3v) is 10.5. The molecule has 0 spiro atoms. The largest absolute Gasteiger partial charge is 0.416 e. The molecule has 1 fully saturated rings. The van der Waals surface area contributed by atoms with Crippen LogP contribution in [0.1, 0.15) is 41.0 Å². The summed E-state index contributed by atoms with van der Waals surface area (Å²) in [6.45, 7) is 0.832. The number of piperidine rings is 1. The summed E-state index contributed by atoms with van der Waals surface area (Å²) in [4.78, 5) is 25.8. The van der Waals surface area contributed by atoms with E-state index in [0.717, 1.165) is 49.2 Å². The van der Waals surface area contributed by atoms with Gasteiger partial charge in [0, 0.05) is 23.7 Å². The third kappa shape index (κ3) is 8.46. The Hall–Kier alpha value is -3.63. The number of sulfonamides is 1. The number of nitrogens with one attached hydrogen (secondary N) is 2. The van der Waals surface area contributed by atoms with Crippen LogP contribution in [0.5, 0.6) is 0 Å². The molecule has 47 heavy (non-hydrogen) atoms. The van der Waals surface area contributed by atoms with Gasteiger partial charge in [-0.2, -0.15) is 17.5 Å². The number of carbonyl (C=O) groups is 2. The van der Waals surface area contributed by atoms with E-state index in [1.807, 2.05) is 0 Å². The van der Waals surface area contributed by atoms with Crippen molar-refractivity contribution in [3.05, 3.63) is 93.7 Å². The Morgan fingerprint density at radius 3 is 2.34 bits per heavy atom. The van der Waals surface area contributed by atoms with Crippen LogP contribution in [-0.4, -0.2) is 58.1 Å². The molecule has 0 bridgehead atoms. The Morgan fingerprint density at radius 2 is 1.66 bits per heavy atom. The van der Waals surface area contributed by atoms with Crippen molar-refractivity contribution in [3.8, 4) is 5.69 Å². The molecule has 17 heteroatoms. The standard InChI is InChI=1S/C30H27Cl2F3N6O4S2/c31-21-5-4-6-22(16-21)41-26(17-36-28(43)19-7-10-23(11-8-19)47(44,45)40-13-2-1-3-14-40)38-39-29(41)46-18-27(42)37-25-15-20(30(33,34)35)9-12-24(25)32/h4-12,15-16H,1-3,13-14,17-18H2,(H,36,43)(H,37,42). The van der Waals surface area contributed by atoms with Crippen LogP contribution >= 0.6 is 35.0 Å². The smallest absolute Gasteiger partial charge is 0.345 e. The molecule has 2 N–H and O–H groups in total. The van der Waals surface area contributed by atoms with Crippen LogP contribution in [0.4, 0.5) is 18.9 Å². The molecular formula is C30H27Cl2F3N6O4S2. The first-order valence-corrected chi connectivity index (χ1v) is 17.4. The normalized spacial score (nSPS) is 14.1.